The predicted molar refractivity (Wildman–Crippen MR) is 101 cm³/mol. The van der Waals surface area contributed by atoms with Gasteiger partial charge in [-0.05, 0) is 43.5 Å². The van der Waals surface area contributed by atoms with E-state index in [1.165, 1.54) is 5.56 Å². The number of hydrogen-bond acceptors (Lipinski definition) is 2. The molecule has 25 heavy (non-hydrogen) atoms. The van der Waals surface area contributed by atoms with Crippen LogP contribution in [0.5, 0.6) is 0 Å². The van der Waals surface area contributed by atoms with E-state index in [2.05, 4.69) is 27.0 Å². The van der Waals surface area contributed by atoms with E-state index in [1.807, 2.05) is 62.6 Å². The number of nitrogens with zero attached hydrogens (tertiary/aromatic N) is 2. The molecule has 4 nitrogen and oxygen atoms in total. The van der Waals surface area contributed by atoms with Crippen molar-refractivity contribution in [3.05, 3.63) is 77.6 Å². The third-order valence-corrected chi connectivity index (χ3v) is 4.38. The molecule has 2 aromatic carbocycles. The van der Waals surface area contributed by atoms with Crippen LogP contribution >= 0.6 is 0 Å². The molecule has 1 aromatic heterocycles. The summed E-state index contributed by atoms with van der Waals surface area (Å²) in [6.45, 7) is 5.53. The second-order valence-electron chi connectivity index (χ2n) is 6.22. The van der Waals surface area contributed by atoms with Gasteiger partial charge >= 0.3 is 0 Å². The molecule has 3 rings (SSSR count). The molecule has 0 aliphatic carbocycles. The Morgan fingerprint density at radius 1 is 1.08 bits per heavy atom. The van der Waals surface area contributed by atoms with E-state index in [4.69, 9.17) is 0 Å². The van der Waals surface area contributed by atoms with Crippen LogP contribution in [-0.2, 0) is 6.54 Å². The standard InChI is InChI=1S/C21H23N3O/c1-16-9-10-19(15-17(16)2)21(25)23-11-6-13-24-14-12-22-20(24)18-7-4-3-5-8-18/h3-5,7-10,12,14-15H,6,11,13H2,1-2H3,(H,23,25). The average molecular weight is 333 g/mol. The van der Waals surface area contributed by atoms with Crippen molar-refractivity contribution in [1.29, 1.82) is 0 Å². The molecule has 0 unspecified atom stereocenters. The summed E-state index contributed by atoms with van der Waals surface area (Å²) in [4.78, 5) is 16.7. The molecule has 0 aliphatic heterocycles. The Labute approximate surface area is 148 Å². The molecule has 0 saturated heterocycles. The minimum Gasteiger partial charge on any atom is -0.352 e. The van der Waals surface area contributed by atoms with Crippen LogP contribution in [0.3, 0.4) is 0 Å². The van der Waals surface area contributed by atoms with E-state index in [9.17, 15) is 4.79 Å². The van der Waals surface area contributed by atoms with Gasteiger partial charge in [0.15, 0.2) is 0 Å². The van der Waals surface area contributed by atoms with Crippen molar-refractivity contribution in [1.82, 2.24) is 14.9 Å². The smallest absolute Gasteiger partial charge is 0.251 e. The zero-order valence-corrected chi connectivity index (χ0v) is 14.7. The number of carbonyl (C=O) groups excluding carboxylic acids is 1. The van der Waals surface area contributed by atoms with E-state index in [1.54, 1.807) is 0 Å². The third kappa shape index (κ3) is 4.15. The Hall–Kier alpha value is -2.88. The molecule has 0 spiro atoms. The highest BCUT2D eigenvalue weighted by molar-refractivity contribution is 5.94. The first-order valence-corrected chi connectivity index (χ1v) is 8.57. The van der Waals surface area contributed by atoms with Crippen molar-refractivity contribution in [3.63, 3.8) is 0 Å². The van der Waals surface area contributed by atoms with Gasteiger partial charge in [0.05, 0.1) is 0 Å². The van der Waals surface area contributed by atoms with Crippen LogP contribution in [0.15, 0.2) is 60.9 Å². The summed E-state index contributed by atoms with van der Waals surface area (Å²) in [5, 5.41) is 2.99. The highest BCUT2D eigenvalue weighted by atomic mass is 16.1. The van der Waals surface area contributed by atoms with Gasteiger partial charge in [0.25, 0.3) is 5.91 Å². The second kappa shape index (κ2) is 7.79. The fraction of sp³-hybridized carbons (Fsp3) is 0.238. The molecule has 0 bridgehead atoms. The van der Waals surface area contributed by atoms with Crippen LogP contribution < -0.4 is 5.32 Å². The van der Waals surface area contributed by atoms with Crippen molar-refractivity contribution in [3.8, 4) is 11.4 Å². The number of amides is 1. The maximum absolute atomic E-state index is 12.2. The Morgan fingerprint density at radius 2 is 1.88 bits per heavy atom. The summed E-state index contributed by atoms with van der Waals surface area (Å²) in [5.41, 5.74) is 4.16. The molecule has 0 fully saturated rings. The molecule has 1 heterocycles. The van der Waals surface area contributed by atoms with Gasteiger partial charge in [-0.3, -0.25) is 4.79 Å². The number of hydrogen-bond donors (Lipinski definition) is 1. The molecule has 3 aromatic rings. The van der Waals surface area contributed by atoms with Crippen LogP contribution in [0.2, 0.25) is 0 Å². The lowest BCUT2D eigenvalue weighted by atomic mass is 10.1. The summed E-state index contributed by atoms with van der Waals surface area (Å²) in [5.74, 6) is 0.943. The summed E-state index contributed by atoms with van der Waals surface area (Å²) >= 11 is 0. The van der Waals surface area contributed by atoms with Crippen molar-refractivity contribution in [2.24, 2.45) is 0 Å². The molecule has 128 valence electrons. The molecular weight excluding hydrogens is 310 g/mol. The zero-order chi connectivity index (χ0) is 17.6. The SMILES string of the molecule is Cc1ccc(C(=O)NCCCn2ccnc2-c2ccccc2)cc1C. The number of imidazole rings is 1. The lowest BCUT2D eigenvalue weighted by Gasteiger charge is -2.10. The van der Waals surface area contributed by atoms with Gasteiger partial charge in [0.1, 0.15) is 5.82 Å². The molecule has 1 amide bonds. The summed E-state index contributed by atoms with van der Waals surface area (Å²) in [6, 6.07) is 15.9. The summed E-state index contributed by atoms with van der Waals surface area (Å²) < 4.78 is 2.12. The monoisotopic (exact) mass is 333 g/mol. The zero-order valence-electron chi connectivity index (χ0n) is 14.7. The number of aromatic nitrogens is 2. The van der Waals surface area contributed by atoms with Gasteiger partial charge in [0.2, 0.25) is 0 Å². The van der Waals surface area contributed by atoms with Gasteiger partial charge in [-0.25, -0.2) is 4.98 Å². The van der Waals surface area contributed by atoms with E-state index < -0.39 is 0 Å². The molecule has 0 atom stereocenters. The first-order chi connectivity index (χ1) is 12.1. The van der Waals surface area contributed by atoms with Crippen LogP contribution in [0.1, 0.15) is 27.9 Å². The van der Waals surface area contributed by atoms with Gasteiger partial charge in [0, 0.05) is 36.6 Å². The van der Waals surface area contributed by atoms with Gasteiger partial charge < -0.3 is 9.88 Å². The fourth-order valence-corrected chi connectivity index (χ4v) is 2.77. The first kappa shape index (κ1) is 17.0. The number of nitrogens with one attached hydrogen (secondary N) is 1. The van der Waals surface area contributed by atoms with E-state index in [-0.39, 0.29) is 5.91 Å². The number of benzene rings is 2. The largest absolute Gasteiger partial charge is 0.352 e. The van der Waals surface area contributed by atoms with Crippen molar-refractivity contribution >= 4 is 5.91 Å². The Bertz CT molecular complexity index is 853. The van der Waals surface area contributed by atoms with Crippen LogP contribution in [0, 0.1) is 13.8 Å². The summed E-state index contributed by atoms with van der Waals surface area (Å²) in [7, 11) is 0. The summed E-state index contributed by atoms with van der Waals surface area (Å²) in [6.07, 6.45) is 4.65. The minimum absolute atomic E-state index is 0.0167. The molecule has 4 heteroatoms. The van der Waals surface area contributed by atoms with Gasteiger partial charge in [-0.2, -0.15) is 0 Å². The number of carbonyl (C=O) groups is 1. The topological polar surface area (TPSA) is 46.9 Å². The molecule has 0 radical (unpaired) electrons. The van der Waals surface area contributed by atoms with Crippen molar-refractivity contribution in [2.75, 3.05) is 6.54 Å². The van der Waals surface area contributed by atoms with Gasteiger partial charge in [-0.1, -0.05) is 36.4 Å². The second-order valence-corrected chi connectivity index (χ2v) is 6.22. The minimum atomic E-state index is -0.0167. The lowest BCUT2D eigenvalue weighted by molar-refractivity contribution is 0.0952. The first-order valence-electron chi connectivity index (χ1n) is 8.57. The average Bonchev–Trinajstić information content (AvgIpc) is 3.10. The predicted octanol–water partition coefficient (Wildman–Crippen LogP) is 3.99. The fourth-order valence-electron chi connectivity index (χ4n) is 2.77. The molecular formula is C21H23N3O. The quantitative estimate of drug-likeness (QED) is 0.693. The Morgan fingerprint density at radius 3 is 2.64 bits per heavy atom. The normalized spacial score (nSPS) is 10.6. The molecule has 0 saturated carbocycles. The molecule has 0 aliphatic rings. The Balaban J connectivity index is 1.53. The molecule has 1 N–H and O–H groups in total. The van der Waals surface area contributed by atoms with E-state index >= 15 is 0 Å². The lowest BCUT2D eigenvalue weighted by Crippen LogP contribution is -2.25. The number of rotatable bonds is 6. The Kier molecular flexibility index (Phi) is 5.29. The van der Waals surface area contributed by atoms with Crippen molar-refractivity contribution in [2.45, 2.75) is 26.8 Å². The number of aryl methyl sites for hydroxylation is 3. The van der Waals surface area contributed by atoms with Crippen LogP contribution in [0.25, 0.3) is 11.4 Å². The highest BCUT2D eigenvalue weighted by Crippen LogP contribution is 2.16. The highest BCUT2D eigenvalue weighted by Gasteiger charge is 2.07. The maximum Gasteiger partial charge on any atom is 0.251 e. The van der Waals surface area contributed by atoms with Crippen molar-refractivity contribution < 1.29 is 4.79 Å². The van der Waals surface area contributed by atoms with E-state index in [0.29, 0.717) is 6.54 Å². The third-order valence-electron chi connectivity index (χ3n) is 4.38. The van der Waals surface area contributed by atoms with E-state index in [0.717, 1.165) is 35.5 Å². The van der Waals surface area contributed by atoms with Crippen LogP contribution in [-0.4, -0.2) is 22.0 Å². The van der Waals surface area contributed by atoms with Crippen LogP contribution in [0.4, 0.5) is 0 Å². The van der Waals surface area contributed by atoms with Gasteiger partial charge in [-0.15, -0.1) is 0 Å². The maximum atomic E-state index is 12.2.